The summed E-state index contributed by atoms with van der Waals surface area (Å²) in [4.78, 5) is 10.2. The van der Waals surface area contributed by atoms with Crippen LogP contribution in [-0.4, -0.2) is 31.2 Å². The van der Waals surface area contributed by atoms with Crippen molar-refractivity contribution in [2.75, 3.05) is 20.8 Å². The van der Waals surface area contributed by atoms with Crippen molar-refractivity contribution in [1.29, 1.82) is 5.26 Å². The third kappa shape index (κ3) is 3.83. The number of nitro benzene ring substituents is 1. The van der Waals surface area contributed by atoms with Gasteiger partial charge in [0.25, 0.3) is 5.69 Å². The fourth-order valence-corrected chi connectivity index (χ4v) is 1.49. The van der Waals surface area contributed by atoms with Crippen molar-refractivity contribution in [3.63, 3.8) is 0 Å². The summed E-state index contributed by atoms with van der Waals surface area (Å²) in [5, 5.41) is 22.6. The standard InChI is InChI=1S/C13H17N3O4/c1-13(9-14,15-2)6-7-20-12-8-10(16(17)18)4-5-11(12)19-3/h4-5,8,15H,6-7H2,1-3H3. The molecule has 1 N–H and O–H groups in total. The second-order valence-corrected chi connectivity index (χ2v) is 4.38. The van der Waals surface area contributed by atoms with Crippen LogP contribution in [0.3, 0.4) is 0 Å². The van der Waals surface area contributed by atoms with Crippen LogP contribution in [0.2, 0.25) is 0 Å². The van der Waals surface area contributed by atoms with Crippen molar-refractivity contribution in [2.45, 2.75) is 18.9 Å². The lowest BCUT2D eigenvalue weighted by Crippen LogP contribution is -2.39. The van der Waals surface area contributed by atoms with E-state index < -0.39 is 10.5 Å². The van der Waals surface area contributed by atoms with Crippen molar-refractivity contribution < 1.29 is 14.4 Å². The molecule has 0 spiro atoms. The Morgan fingerprint density at radius 2 is 2.20 bits per heavy atom. The summed E-state index contributed by atoms with van der Waals surface area (Å²) in [7, 11) is 3.15. The normalized spacial score (nSPS) is 13.1. The van der Waals surface area contributed by atoms with Crippen LogP contribution in [0.5, 0.6) is 11.5 Å². The summed E-state index contributed by atoms with van der Waals surface area (Å²) >= 11 is 0. The minimum atomic E-state index is -0.700. The van der Waals surface area contributed by atoms with Crippen molar-refractivity contribution >= 4 is 5.69 Å². The third-order valence-corrected chi connectivity index (χ3v) is 3.02. The van der Waals surface area contributed by atoms with Crippen molar-refractivity contribution in [3.8, 4) is 17.6 Å². The van der Waals surface area contributed by atoms with Crippen LogP contribution in [0, 0.1) is 21.4 Å². The summed E-state index contributed by atoms with van der Waals surface area (Å²) in [6, 6.07) is 6.28. The monoisotopic (exact) mass is 279 g/mol. The highest BCUT2D eigenvalue weighted by atomic mass is 16.6. The molecular weight excluding hydrogens is 262 g/mol. The van der Waals surface area contributed by atoms with Gasteiger partial charge in [-0.3, -0.25) is 10.1 Å². The molecule has 0 heterocycles. The average Bonchev–Trinajstić information content (AvgIpc) is 2.46. The molecule has 0 saturated carbocycles. The molecule has 1 unspecified atom stereocenters. The molecule has 1 atom stereocenters. The topological polar surface area (TPSA) is 97.4 Å². The predicted octanol–water partition coefficient (Wildman–Crippen LogP) is 1.87. The fraction of sp³-hybridized carbons (Fsp3) is 0.462. The summed E-state index contributed by atoms with van der Waals surface area (Å²) in [5.41, 5.74) is -0.772. The SMILES string of the molecule is CNC(C)(C#N)CCOc1cc([N+](=O)[O-])ccc1OC. The van der Waals surface area contributed by atoms with Crippen LogP contribution >= 0.6 is 0 Å². The molecular formula is C13H17N3O4. The second-order valence-electron chi connectivity index (χ2n) is 4.38. The number of rotatable bonds is 7. The quantitative estimate of drug-likeness (QED) is 0.604. The molecule has 20 heavy (non-hydrogen) atoms. The van der Waals surface area contributed by atoms with Gasteiger partial charge in [-0.25, -0.2) is 0 Å². The van der Waals surface area contributed by atoms with Crippen molar-refractivity contribution in [3.05, 3.63) is 28.3 Å². The number of ether oxygens (including phenoxy) is 2. The lowest BCUT2D eigenvalue weighted by molar-refractivity contribution is -0.385. The van der Waals surface area contributed by atoms with Gasteiger partial charge in [-0.15, -0.1) is 0 Å². The number of hydrogen-bond acceptors (Lipinski definition) is 6. The Kier molecular flexibility index (Phi) is 5.29. The van der Waals surface area contributed by atoms with Gasteiger partial charge in [0.15, 0.2) is 11.5 Å². The fourth-order valence-electron chi connectivity index (χ4n) is 1.49. The molecule has 1 aromatic rings. The van der Waals surface area contributed by atoms with Crippen molar-refractivity contribution in [1.82, 2.24) is 5.32 Å². The number of hydrogen-bond donors (Lipinski definition) is 1. The molecule has 0 bridgehead atoms. The average molecular weight is 279 g/mol. The number of methoxy groups -OCH3 is 1. The summed E-state index contributed by atoms with van der Waals surface area (Å²) in [5.74, 6) is 0.705. The van der Waals surface area contributed by atoms with E-state index in [0.717, 1.165) is 0 Å². The highest BCUT2D eigenvalue weighted by Crippen LogP contribution is 2.31. The molecule has 0 aliphatic heterocycles. The number of non-ortho nitro benzene ring substituents is 1. The Labute approximate surface area is 117 Å². The maximum absolute atomic E-state index is 10.7. The molecule has 1 rings (SSSR count). The van der Waals surface area contributed by atoms with Gasteiger partial charge in [0.2, 0.25) is 0 Å². The van der Waals surface area contributed by atoms with Crippen LogP contribution in [0.1, 0.15) is 13.3 Å². The van der Waals surface area contributed by atoms with Gasteiger partial charge in [-0.1, -0.05) is 0 Å². The van der Waals surface area contributed by atoms with E-state index in [9.17, 15) is 10.1 Å². The molecule has 0 aliphatic rings. The van der Waals surface area contributed by atoms with Crippen LogP contribution in [0.25, 0.3) is 0 Å². The lowest BCUT2D eigenvalue weighted by Gasteiger charge is -2.20. The molecule has 0 amide bonds. The maximum Gasteiger partial charge on any atom is 0.273 e. The Balaban J connectivity index is 2.79. The first-order valence-corrected chi connectivity index (χ1v) is 6.01. The van der Waals surface area contributed by atoms with E-state index >= 15 is 0 Å². The smallest absolute Gasteiger partial charge is 0.273 e. The van der Waals surface area contributed by atoms with Gasteiger partial charge < -0.3 is 14.8 Å². The number of nitrogens with zero attached hydrogens (tertiary/aromatic N) is 2. The van der Waals surface area contributed by atoms with Crippen molar-refractivity contribution in [2.24, 2.45) is 0 Å². The van der Waals surface area contributed by atoms with Crippen LogP contribution in [0.4, 0.5) is 5.69 Å². The number of nitro groups is 1. The first-order valence-electron chi connectivity index (χ1n) is 6.01. The van der Waals surface area contributed by atoms with E-state index in [1.54, 1.807) is 14.0 Å². The lowest BCUT2D eigenvalue weighted by atomic mass is 10.0. The number of nitrogens with one attached hydrogen (secondary N) is 1. The summed E-state index contributed by atoms with van der Waals surface area (Å²) in [6.07, 6.45) is 0.436. The van der Waals surface area contributed by atoms with Gasteiger partial charge in [0.05, 0.1) is 30.8 Å². The van der Waals surface area contributed by atoms with Crippen LogP contribution < -0.4 is 14.8 Å². The van der Waals surface area contributed by atoms with E-state index in [-0.39, 0.29) is 18.0 Å². The third-order valence-electron chi connectivity index (χ3n) is 3.02. The number of benzene rings is 1. The van der Waals surface area contributed by atoms with E-state index in [4.69, 9.17) is 14.7 Å². The summed E-state index contributed by atoms with van der Waals surface area (Å²) < 4.78 is 10.6. The molecule has 0 fully saturated rings. The zero-order valence-electron chi connectivity index (χ0n) is 11.7. The highest BCUT2D eigenvalue weighted by Gasteiger charge is 2.21. The molecule has 0 saturated heterocycles. The Hall–Kier alpha value is -2.33. The molecule has 0 aliphatic carbocycles. The molecule has 108 valence electrons. The van der Waals surface area contributed by atoms with Gasteiger partial charge >= 0.3 is 0 Å². The molecule has 0 aromatic heterocycles. The second kappa shape index (κ2) is 6.73. The van der Waals surface area contributed by atoms with Gasteiger partial charge in [-0.2, -0.15) is 5.26 Å². The van der Waals surface area contributed by atoms with Crippen LogP contribution in [-0.2, 0) is 0 Å². The maximum atomic E-state index is 10.7. The van der Waals surface area contributed by atoms with E-state index in [1.807, 2.05) is 0 Å². The Bertz CT molecular complexity index is 527. The Morgan fingerprint density at radius 1 is 1.50 bits per heavy atom. The molecule has 7 nitrogen and oxygen atoms in total. The van der Waals surface area contributed by atoms with E-state index in [0.29, 0.717) is 12.2 Å². The first kappa shape index (κ1) is 15.7. The minimum absolute atomic E-state index is 0.0718. The van der Waals surface area contributed by atoms with Gasteiger partial charge in [0.1, 0.15) is 5.54 Å². The van der Waals surface area contributed by atoms with E-state index in [2.05, 4.69) is 11.4 Å². The molecule has 7 heteroatoms. The van der Waals surface area contributed by atoms with Crippen LogP contribution in [0.15, 0.2) is 18.2 Å². The summed E-state index contributed by atoms with van der Waals surface area (Å²) in [6.45, 7) is 1.99. The highest BCUT2D eigenvalue weighted by molar-refractivity contribution is 5.48. The Morgan fingerprint density at radius 3 is 2.70 bits per heavy atom. The molecule has 0 radical (unpaired) electrons. The first-order chi connectivity index (χ1) is 9.45. The largest absolute Gasteiger partial charge is 0.493 e. The predicted molar refractivity (Wildman–Crippen MR) is 72.8 cm³/mol. The molecule has 1 aromatic carbocycles. The zero-order valence-corrected chi connectivity index (χ0v) is 11.7. The van der Waals surface area contributed by atoms with Gasteiger partial charge in [0, 0.05) is 12.5 Å². The zero-order chi connectivity index (χ0) is 15.2. The van der Waals surface area contributed by atoms with E-state index in [1.165, 1.54) is 25.3 Å². The minimum Gasteiger partial charge on any atom is -0.493 e. The van der Waals surface area contributed by atoms with Gasteiger partial charge in [-0.05, 0) is 20.0 Å². The number of nitriles is 1.